The second kappa shape index (κ2) is 8.08. The van der Waals surface area contributed by atoms with Crippen LogP contribution in [0.4, 0.5) is 11.4 Å². The van der Waals surface area contributed by atoms with Crippen LogP contribution in [0.25, 0.3) is 0 Å². The topological polar surface area (TPSA) is 38.7 Å². The number of para-hydroxylation sites is 1. The van der Waals surface area contributed by atoms with E-state index in [-0.39, 0.29) is 5.88 Å². The van der Waals surface area contributed by atoms with E-state index < -0.39 is 6.10 Å². The van der Waals surface area contributed by atoms with E-state index in [1.54, 1.807) is 0 Å². The Bertz CT molecular complexity index is 451. The van der Waals surface area contributed by atoms with Crippen molar-refractivity contribution >= 4 is 34.6 Å². The second-order valence-corrected chi connectivity index (χ2v) is 5.96. The number of aliphatic hydroxyl groups excluding tert-OH is 1. The molecule has 21 heavy (non-hydrogen) atoms. The molecule has 1 aromatic rings. The molecule has 0 bridgehead atoms. The first kappa shape index (κ1) is 16.7. The lowest BCUT2D eigenvalue weighted by Crippen LogP contribution is -2.46. The number of anilines is 2. The van der Waals surface area contributed by atoms with Crippen molar-refractivity contribution in [3.05, 3.63) is 23.2 Å². The molecule has 0 aliphatic carbocycles. The Morgan fingerprint density at radius 3 is 2.62 bits per heavy atom. The summed E-state index contributed by atoms with van der Waals surface area (Å²) < 4.78 is 0. The Balaban J connectivity index is 2.10. The third kappa shape index (κ3) is 4.39. The van der Waals surface area contributed by atoms with Gasteiger partial charge in [0.15, 0.2) is 0 Å². The molecule has 1 aromatic carbocycles. The SMILES string of the molecule is CCN1CCN(c2c(Cl)cccc2NCC(O)CCl)CC1. The molecule has 0 aromatic heterocycles. The number of likely N-dealkylation sites (N-methyl/N-ethyl adjacent to an activating group) is 1. The number of nitrogens with one attached hydrogen (secondary N) is 1. The highest BCUT2D eigenvalue weighted by atomic mass is 35.5. The Kier molecular flexibility index (Phi) is 6.42. The van der Waals surface area contributed by atoms with E-state index in [1.165, 1.54) is 0 Å². The van der Waals surface area contributed by atoms with Gasteiger partial charge in [0.2, 0.25) is 0 Å². The fourth-order valence-electron chi connectivity index (χ4n) is 2.55. The molecular formula is C15H23Cl2N3O. The maximum atomic E-state index is 9.61. The van der Waals surface area contributed by atoms with E-state index in [2.05, 4.69) is 22.0 Å². The van der Waals surface area contributed by atoms with Gasteiger partial charge < -0.3 is 20.2 Å². The molecule has 1 unspecified atom stereocenters. The second-order valence-electron chi connectivity index (χ2n) is 5.25. The van der Waals surface area contributed by atoms with Crippen LogP contribution in [-0.4, -0.2) is 61.3 Å². The molecule has 0 amide bonds. The minimum absolute atomic E-state index is 0.220. The van der Waals surface area contributed by atoms with Gasteiger partial charge in [-0.15, -0.1) is 11.6 Å². The van der Waals surface area contributed by atoms with Gasteiger partial charge in [0.1, 0.15) is 0 Å². The van der Waals surface area contributed by atoms with Gasteiger partial charge in [-0.3, -0.25) is 0 Å². The molecule has 4 nitrogen and oxygen atoms in total. The predicted molar refractivity (Wildman–Crippen MR) is 91.0 cm³/mol. The number of halogens is 2. The Labute approximate surface area is 136 Å². The highest BCUT2D eigenvalue weighted by molar-refractivity contribution is 6.34. The standard InChI is InChI=1S/C15H23Cl2N3O/c1-2-19-6-8-20(9-7-19)15-13(17)4-3-5-14(15)18-11-12(21)10-16/h3-5,12,18,21H,2,6-11H2,1H3. The maximum Gasteiger partial charge on any atom is 0.0847 e. The molecular weight excluding hydrogens is 309 g/mol. The summed E-state index contributed by atoms with van der Waals surface area (Å²) in [5, 5.41) is 13.6. The average molecular weight is 332 g/mol. The molecule has 1 aliphatic heterocycles. The van der Waals surface area contributed by atoms with Crippen molar-refractivity contribution in [1.82, 2.24) is 4.90 Å². The van der Waals surface area contributed by atoms with Gasteiger partial charge in [-0.25, -0.2) is 0 Å². The average Bonchev–Trinajstić information content (AvgIpc) is 2.52. The minimum atomic E-state index is -0.560. The Morgan fingerprint density at radius 2 is 2.00 bits per heavy atom. The third-order valence-electron chi connectivity index (χ3n) is 3.83. The highest BCUT2D eigenvalue weighted by Crippen LogP contribution is 2.34. The molecule has 1 aliphatic rings. The van der Waals surface area contributed by atoms with E-state index >= 15 is 0 Å². The van der Waals surface area contributed by atoms with Crippen LogP contribution in [0.15, 0.2) is 18.2 Å². The number of rotatable bonds is 6. The number of hydrogen-bond acceptors (Lipinski definition) is 4. The van der Waals surface area contributed by atoms with Crippen molar-refractivity contribution in [3.8, 4) is 0 Å². The van der Waals surface area contributed by atoms with Gasteiger partial charge >= 0.3 is 0 Å². The summed E-state index contributed by atoms with van der Waals surface area (Å²) in [6, 6.07) is 5.82. The zero-order chi connectivity index (χ0) is 15.2. The van der Waals surface area contributed by atoms with E-state index in [0.717, 1.165) is 49.1 Å². The van der Waals surface area contributed by atoms with Crippen LogP contribution in [0, 0.1) is 0 Å². The molecule has 1 saturated heterocycles. The van der Waals surface area contributed by atoms with E-state index in [9.17, 15) is 5.11 Å². The monoisotopic (exact) mass is 331 g/mol. The van der Waals surface area contributed by atoms with Crippen LogP contribution in [0.1, 0.15) is 6.92 Å². The minimum Gasteiger partial charge on any atom is -0.390 e. The zero-order valence-corrected chi connectivity index (χ0v) is 13.9. The van der Waals surface area contributed by atoms with Crippen LogP contribution < -0.4 is 10.2 Å². The first-order valence-corrected chi connectivity index (χ1v) is 8.30. The molecule has 1 atom stereocenters. The Morgan fingerprint density at radius 1 is 1.29 bits per heavy atom. The Hall–Kier alpha value is -0.680. The van der Waals surface area contributed by atoms with E-state index in [4.69, 9.17) is 23.2 Å². The fraction of sp³-hybridized carbons (Fsp3) is 0.600. The lowest BCUT2D eigenvalue weighted by atomic mass is 10.2. The van der Waals surface area contributed by atoms with Crippen molar-refractivity contribution in [2.45, 2.75) is 13.0 Å². The normalized spacial score (nSPS) is 17.8. The van der Waals surface area contributed by atoms with Gasteiger partial charge in [-0.05, 0) is 18.7 Å². The van der Waals surface area contributed by atoms with Crippen LogP contribution in [0.2, 0.25) is 5.02 Å². The van der Waals surface area contributed by atoms with Gasteiger partial charge in [0.25, 0.3) is 0 Å². The van der Waals surface area contributed by atoms with Gasteiger partial charge in [-0.1, -0.05) is 24.6 Å². The maximum absolute atomic E-state index is 9.61. The van der Waals surface area contributed by atoms with E-state index in [0.29, 0.717) is 6.54 Å². The summed E-state index contributed by atoms with van der Waals surface area (Å²) in [4.78, 5) is 4.74. The van der Waals surface area contributed by atoms with Crippen LogP contribution >= 0.6 is 23.2 Å². The number of benzene rings is 1. The quantitative estimate of drug-likeness (QED) is 0.785. The smallest absolute Gasteiger partial charge is 0.0847 e. The van der Waals surface area contributed by atoms with Crippen molar-refractivity contribution in [2.75, 3.05) is 55.4 Å². The molecule has 0 saturated carbocycles. The number of alkyl halides is 1. The van der Waals surface area contributed by atoms with E-state index in [1.807, 2.05) is 18.2 Å². The first-order valence-electron chi connectivity index (χ1n) is 7.39. The molecule has 118 valence electrons. The van der Waals surface area contributed by atoms with Crippen molar-refractivity contribution < 1.29 is 5.11 Å². The van der Waals surface area contributed by atoms with Crippen molar-refractivity contribution in [2.24, 2.45) is 0 Å². The summed E-state index contributed by atoms with van der Waals surface area (Å²) >= 11 is 12.0. The van der Waals surface area contributed by atoms with Crippen LogP contribution in [0.5, 0.6) is 0 Å². The molecule has 1 heterocycles. The predicted octanol–water partition coefficient (Wildman–Crippen LogP) is 2.49. The summed E-state index contributed by atoms with van der Waals surface area (Å²) in [5.41, 5.74) is 1.98. The number of aliphatic hydroxyl groups is 1. The number of hydrogen-bond donors (Lipinski definition) is 2. The largest absolute Gasteiger partial charge is 0.390 e. The molecule has 6 heteroatoms. The van der Waals surface area contributed by atoms with Crippen molar-refractivity contribution in [3.63, 3.8) is 0 Å². The van der Waals surface area contributed by atoms with Gasteiger partial charge in [0.05, 0.1) is 28.4 Å². The van der Waals surface area contributed by atoms with Gasteiger partial charge in [-0.2, -0.15) is 0 Å². The lowest BCUT2D eigenvalue weighted by Gasteiger charge is -2.37. The zero-order valence-electron chi connectivity index (χ0n) is 12.4. The third-order valence-corrected chi connectivity index (χ3v) is 4.49. The molecule has 0 spiro atoms. The van der Waals surface area contributed by atoms with Crippen molar-refractivity contribution in [1.29, 1.82) is 0 Å². The first-order chi connectivity index (χ1) is 10.2. The summed E-state index contributed by atoms with van der Waals surface area (Å²) in [5.74, 6) is 0.220. The fourth-order valence-corrected chi connectivity index (χ4v) is 2.95. The summed E-state index contributed by atoms with van der Waals surface area (Å²) in [7, 11) is 0. The summed E-state index contributed by atoms with van der Waals surface area (Å²) in [6.07, 6.45) is -0.560. The molecule has 2 rings (SSSR count). The highest BCUT2D eigenvalue weighted by Gasteiger charge is 2.20. The summed E-state index contributed by atoms with van der Waals surface area (Å²) in [6.45, 7) is 7.71. The molecule has 1 fully saturated rings. The molecule has 0 radical (unpaired) electrons. The van der Waals surface area contributed by atoms with Crippen LogP contribution in [0.3, 0.4) is 0 Å². The molecule has 2 N–H and O–H groups in total. The van der Waals surface area contributed by atoms with Gasteiger partial charge in [0, 0.05) is 32.7 Å². The number of piperazine rings is 1. The number of nitrogens with zero attached hydrogens (tertiary/aromatic N) is 2. The lowest BCUT2D eigenvalue weighted by molar-refractivity contribution is 0.211. The van der Waals surface area contributed by atoms with Crippen LogP contribution in [-0.2, 0) is 0 Å².